The van der Waals surface area contributed by atoms with Gasteiger partial charge >= 0.3 is 12.1 Å². The van der Waals surface area contributed by atoms with E-state index in [1.807, 2.05) is 0 Å². The Balaban J connectivity index is 1.71. The maximum absolute atomic E-state index is 12.1. The van der Waals surface area contributed by atoms with Crippen molar-refractivity contribution in [1.29, 1.82) is 0 Å². The van der Waals surface area contributed by atoms with Crippen molar-refractivity contribution in [2.24, 2.45) is 5.92 Å². The second-order valence-corrected chi connectivity index (χ2v) is 6.01. The van der Waals surface area contributed by atoms with Crippen LogP contribution in [0.15, 0.2) is 42.6 Å². The largest absolute Gasteiger partial charge is 0.455 e. The van der Waals surface area contributed by atoms with Gasteiger partial charge < -0.3 is 15.0 Å². The lowest BCUT2D eigenvalue weighted by molar-refractivity contribution is -0.165. The van der Waals surface area contributed by atoms with Gasteiger partial charge in [-0.2, -0.15) is 13.2 Å². The summed E-state index contributed by atoms with van der Waals surface area (Å²) in [6, 6.07) is 8.72. The van der Waals surface area contributed by atoms with Gasteiger partial charge in [-0.25, -0.2) is 0 Å². The molecule has 0 atom stereocenters. The Morgan fingerprint density at radius 1 is 1.15 bits per heavy atom. The second kappa shape index (κ2) is 9.20. The fraction of sp³-hybridized carbons (Fsp3) is 0.389. The van der Waals surface area contributed by atoms with Crippen LogP contribution in [-0.2, 0) is 19.1 Å². The summed E-state index contributed by atoms with van der Waals surface area (Å²) in [5.41, 5.74) is 0.590. The molecule has 1 saturated heterocycles. The van der Waals surface area contributed by atoms with E-state index in [1.54, 1.807) is 30.3 Å². The van der Waals surface area contributed by atoms with Gasteiger partial charge in [0.1, 0.15) is 0 Å². The molecule has 1 aromatic rings. The average Bonchev–Trinajstić information content (AvgIpc) is 2.64. The molecule has 0 bridgehead atoms. The Morgan fingerprint density at radius 3 is 2.37 bits per heavy atom. The van der Waals surface area contributed by atoms with Gasteiger partial charge in [-0.05, 0) is 25.0 Å². The van der Waals surface area contributed by atoms with E-state index >= 15 is 0 Å². The zero-order valence-corrected chi connectivity index (χ0v) is 14.4. The molecule has 1 aliphatic heterocycles. The van der Waals surface area contributed by atoms with Gasteiger partial charge in [-0.15, -0.1) is 0 Å². The van der Waals surface area contributed by atoms with Crippen molar-refractivity contribution in [2.75, 3.05) is 25.0 Å². The summed E-state index contributed by atoms with van der Waals surface area (Å²) in [5, 5.41) is 2.59. The molecular formula is C18H19F3N2O4. The van der Waals surface area contributed by atoms with Crippen LogP contribution in [0.1, 0.15) is 12.8 Å². The smallest absolute Gasteiger partial charge is 0.454 e. The SMILES string of the molecule is O=C(COC(=O)C1CCN(/C=C/C(=O)C(F)(F)F)CC1)Nc1ccccc1. The highest BCUT2D eigenvalue weighted by molar-refractivity contribution is 5.94. The van der Waals surface area contributed by atoms with Gasteiger partial charge in [0.2, 0.25) is 0 Å². The highest BCUT2D eigenvalue weighted by Gasteiger charge is 2.36. The van der Waals surface area contributed by atoms with E-state index in [0.29, 0.717) is 37.7 Å². The lowest BCUT2D eigenvalue weighted by Crippen LogP contribution is -2.35. The third-order valence-electron chi connectivity index (χ3n) is 3.98. The summed E-state index contributed by atoms with van der Waals surface area (Å²) in [6.45, 7) is 0.225. The minimum absolute atomic E-state index is 0.317. The molecular weight excluding hydrogens is 365 g/mol. The number of rotatable bonds is 6. The zero-order chi connectivity index (χ0) is 19.9. The number of likely N-dealkylation sites (tertiary alicyclic amines) is 1. The number of nitrogens with one attached hydrogen (secondary N) is 1. The highest BCUT2D eigenvalue weighted by Crippen LogP contribution is 2.20. The quantitative estimate of drug-likeness (QED) is 0.603. The summed E-state index contributed by atoms with van der Waals surface area (Å²) >= 11 is 0. The molecule has 2 rings (SSSR count). The molecule has 0 spiro atoms. The molecule has 27 heavy (non-hydrogen) atoms. The monoisotopic (exact) mass is 384 g/mol. The first-order valence-electron chi connectivity index (χ1n) is 8.30. The minimum Gasteiger partial charge on any atom is -0.455 e. The summed E-state index contributed by atoms with van der Waals surface area (Å²) in [6.07, 6.45) is -2.59. The number of amides is 1. The Morgan fingerprint density at radius 2 is 1.78 bits per heavy atom. The molecule has 1 amide bonds. The van der Waals surface area contributed by atoms with Crippen LogP contribution in [0.25, 0.3) is 0 Å². The van der Waals surface area contributed by atoms with Gasteiger partial charge in [-0.3, -0.25) is 14.4 Å². The first-order chi connectivity index (χ1) is 12.8. The van der Waals surface area contributed by atoms with Crippen molar-refractivity contribution in [3.63, 3.8) is 0 Å². The van der Waals surface area contributed by atoms with Crippen molar-refractivity contribution in [3.8, 4) is 0 Å². The molecule has 0 saturated carbocycles. The number of carbonyl (C=O) groups excluding carboxylic acids is 3. The summed E-state index contributed by atoms with van der Waals surface area (Å²) < 4.78 is 41.4. The Bertz CT molecular complexity index is 696. The maximum atomic E-state index is 12.1. The van der Waals surface area contributed by atoms with E-state index in [9.17, 15) is 27.6 Å². The van der Waals surface area contributed by atoms with Crippen LogP contribution in [-0.4, -0.2) is 48.4 Å². The molecule has 9 heteroatoms. The van der Waals surface area contributed by atoms with Crippen molar-refractivity contribution in [3.05, 3.63) is 42.6 Å². The van der Waals surface area contributed by atoms with Crippen LogP contribution in [0.4, 0.5) is 18.9 Å². The molecule has 1 N–H and O–H groups in total. The molecule has 1 heterocycles. The highest BCUT2D eigenvalue weighted by atomic mass is 19.4. The summed E-state index contributed by atoms with van der Waals surface area (Å²) in [5.74, 6) is -3.33. The lowest BCUT2D eigenvalue weighted by atomic mass is 9.97. The fourth-order valence-corrected chi connectivity index (χ4v) is 2.52. The zero-order valence-electron chi connectivity index (χ0n) is 14.4. The number of ether oxygens (including phenoxy) is 1. The molecule has 0 aliphatic carbocycles. The van der Waals surface area contributed by atoms with Gasteiger partial charge in [0, 0.05) is 31.1 Å². The third-order valence-corrected chi connectivity index (χ3v) is 3.98. The van der Waals surface area contributed by atoms with Crippen molar-refractivity contribution in [1.82, 2.24) is 4.90 Å². The molecule has 0 aromatic heterocycles. The van der Waals surface area contributed by atoms with Crippen molar-refractivity contribution in [2.45, 2.75) is 19.0 Å². The number of ketones is 1. The van der Waals surface area contributed by atoms with Crippen LogP contribution in [0, 0.1) is 5.92 Å². The standard InChI is InChI=1S/C18H19F3N2O4/c19-18(20,21)15(24)8-11-23-9-6-13(7-10-23)17(26)27-12-16(25)22-14-4-2-1-3-5-14/h1-5,8,11,13H,6-7,9-10,12H2,(H,22,25)/b11-8+. The number of hydrogen-bond donors (Lipinski definition) is 1. The fourth-order valence-electron chi connectivity index (χ4n) is 2.52. The van der Waals surface area contributed by atoms with E-state index < -0.39 is 36.4 Å². The normalized spacial score (nSPS) is 15.6. The molecule has 146 valence electrons. The average molecular weight is 384 g/mol. The molecule has 0 unspecified atom stereocenters. The molecule has 1 fully saturated rings. The molecule has 6 nitrogen and oxygen atoms in total. The number of alkyl halides is 3. The van der Waals surface area contributed by atoms with Crippen LogP contribution >= 0.6 is 0 Å². The first kappa shape index (κ1) is 20.5. The number of nitrogens with zero attached hydrogens (tertiary/aromatic N) is 1. The van der Waals surface area contributed by atoms with E-state index in [4.69, 9.17) is 4.74 Å². The Hall–Kier alpha value is -2.84. The second-order valence-electron chi connectivity index (χ2n) is 6.01. The number of esters is 1. The van der Waals surface area contributed by atoms with Gasteiger partial charge in [0.15, 0.2) is 6.61 Å². The number of anilines is 1. The van der Waals surface area contributed by atoms with Crippen LogP contribution in [0.3, 0.4) is 0 Å². The number of para-hydroxylation sites is 1. The predicted molar refractivity (Wildman–Crippen MR) is 90.5 cm³/mol. The summed E-state index contributed by atoms with van der Waals surface area (Å²) in [7, 11) is 0. The van der Waals surface area contributed by atoms with Gasteiger partial charge in [0.05, 0.1) is 5.92 Å². The third kappa shape index (κ3) is 6.76. The van der Waals surface area contributed by atoms with E-state index in [1.165, 1.54) is 4.90 Å². The number of benzene rings is 1. The first-order valence-corrected chi connectivity index (χ1v) is 8.30. The van der Waals surface area contributed by atoms with Crippen LogP contribution in [0.5, 0.6) is 0 Å². The van der Waals surface area contributed by atoms with Gasteiger partial charge in [-0.1, -0.05) is 18.2 Å². The maximum Gasteiger partial charge on any atom is 0.454 e. The van der Waals surface area contributed by atoms with Gasteiger partial charge in [0.25, 0.3) is 11.7 Å². The lowest BCUT2D eigenvalue weighted by Gasteiger charge is -2.29. The number of piperidine rings is 1. The molecule has 0 radical (unpaired) electrons. The van der Waals surface area contributed by atoms with Crippen molar-refractivity contribution >= 4 is 23.3 Å². The molecule has 1 aromatic carbocycles. The van der Waals surface area contributed by atoms with Crippen LogP contribution in [0.2, 0.25) is 0 Å². The van der Waals surface area contributed by atoms with E-state index in [0.717, 1.165) is 6.20 Å². The van der Waals surface area contributed by atoms with E-state index in [2.05, 4.69) is 5.32 Å². The Kier molecular flexibility index (Phi) is 6.98. The number of hydrogen-bond acceptors (Lipinski definition) is 5. The predicted octanol–water partition coefficient (Wildman–Crippen LogP) is 2.53. The van der Waals surface area contributed by atoms with Crippen molar-refractivity contribution < 1.29 is 32.3 Å². The number of allylic oxidation sites excluding steroid dienone is 1. The topological polar surface area (TPSA) is 75.7 Å². The molecule has 1 aliphatic rings. The Labute approximate surface area is 154 Å². The van der Waals surface area contributed by atoms with E-state index in [-0.39, 0.29) is 0 Å². The minimum atomic E-state index is -4.89. The number of carbonyl (C=O) groups is 3. The summed E-state index contributed by atoms with van der Waals surface area (Å²) in [4.78, 5) is 36.1. The number of halogens is 3. The van der Waals surface area contributed by atoms with Crippen LogP contribution < -0.4 is 5.32 Å².